The third-order valence-electron chi connectivity index (χ3n) is 3.26. The van der Waals surface area contributed by atoms with Gasteiger partial charge in [-0.1, -0.05) is 19.4 Å². The van der Waals surface area contributed by atoms with Gasteiger partial charge in [0.2, 0.25) is 0 Å². The molecular weight excluding hydrogens is 348 g/mol. The largest absolute Gasteiger partial charge is 0.452 e. The molecule has 0 aliphatic carbocycles. The Hall–Kier alpha value is -2.42. The molecule has 2 N–H and O–H groups in total. The Bertz CT molecular complexity index is 758. The second kappa shape index (κ2) is 9.16. The van der Waals surface area contributed by atoms with Crippen molar-refractivity contribution in [2.24, 2.45) is 0 Å². The highest BCUT2D eigenvalue weighted by Crippen LogP contribution is 2.16. The lowest BCUT2D eigenvalue weighted by Gasteiger charge is -2.09. The van der Waals surface area contributed by atoms with E-state index in [-0.39, 0.29) is 10.5 Å². The number of hydrogen-bond donors (Lipinski definition) is 2. The summed E-state index contributed by atoms with van der Waals surface area (Å²) in [6, 6.07) is 3.40. The maximum absolute atomic E-state index is 12.0. The monoisotopic (exact) mass is 370 g/mol. The first kappa shape index (κ1) is 20.6. The molecule has 0 atom stereocenters. The van der Waals surface area contributed by atoms with Gasteiger partial charge in [-0.15, -0.1) is 0 Å². The maximum Gasteiger partial charge on any atom is 0.338 e. The lowest BCUT2D eigenvalue weighted by Crippen LogP contribution is -2.41. The van der Waals surface area contributed by atoms with E-state index >= 15 is 0 Å². The van der Waals surface area contributed by atoms with Crippen LogP contribution in [-0.2, 0) is 19.4 Å². The normalized spacial score (nSPS) is 10.8. The number of ether oxygens (including phenoxy) is 1. The molecule has 138 valence electrons. The Labute approximate surface area is 146 Å². The number of imide groups is 1. The second-order valence-corrected chi connectivity index (χ2v) is 7.50. The van der Waals surface area contributed by atoms with Crippen molar-refractivity contribution >= 4 is 27.7 Å². The summed E-state index contributed by atoms with van der Waals surface area (Å²) < 4.78 is 27.9. The van der Waals surface area contributed by atoms with Crippen LogP contribution < -0.4 is 10.6 Å². The van der Waals surface area contributed by atoms with Gasteiger partial charge in [0, 0.05) is 12.8 Å². The van der Waals surface area contributed by atoms with Crippen LogP contribution in [0.4, 0.5) is 4.79 Å². The summed E-state index contributed by atoms with van der Waals surface area (Å²) in [6.45, 7) is 3.37. The van der Waals surface area contributed by atoms with Gasteiger partial charge in [-0.25, -0.2) is 18.0 Å². The van der Waals surface area contributed by atoms with Gasteiger partial charge >= 0.3 is 12.0 Å². The summed E-state index contributed by atoms with van der Waals surface area (Å²) >= 11 is 0. The van der Waals surface area contributed by atoms with Crippen LogP contribution in [0.2, 0.25) is 0 Å². The van der Waals surface area contributed by atoms with E-state index in [0.29, 0.717) is 12.1 Å². The predicted octanol–water partition coefficient (Wildman–Crippen LogP) is 1.18. The van der Waals surface area contributed by atoms with Gasteiger partial charge in [-0.3, -0.25) is 10.1 Å². The van der Waals surface area contributed by atoms with E-state index < -0.39 is 34.4 Å². The zero-order chi connectivity index (χ0) is 19.0. The quantitative estimate of drug-likeness (QED) is 0.549. The van der Waals surface area contributed by atoms with E-state index in [1.54, 1.807) is 6.92 Å². The van der Waals surface area contributed by atoms with Crippen molar-refractivity contribution in [2.75, 3.05) is 19.4 Å². The van der Waals surface area contributed by atoms with Crippen molar-refractivity contribution in [2.45, 2.75) is 31.6 Å². The molecule has 0 heterocycles. The van der Waals surface area contributed by atoms with Gasteiger partial charge in [0.05, 0.1) is 10.5 Å². The molecule has 1 aromatic rings. The molecule has 0 aromatic heterocycles. The van der Waals surface area contributed by atoms with E-state index in [1.807, 2.05) is 12.2 Å². The van der Waals surface area contributed by atoms with Crippen LogP contribution in [-0.4, -0.2) is 45.7 Å². The first-order valence-corrected chi connectivity index (χ1v) is 9.59. The summed E-state index contributed by atoms with van der Waals surface area (Å²) in [4.78, 5) is 35.0. The number of aryl methyl sites for hydroxylation is 1. The number of rotatable bonds is 7. The first-order chi connectivity index (χ1) is 11.6. The van der Waals surface area contributed by atoms with Crippen LogP contribution >= 0.6 is 0 Å². The molecule has 1 rings (SSSR count). The molecule has 0 aliphatic heterocycles. The summed E-state index contributed by atoms with van der Waals surface area (Å²) in [5.41, 5.74) is 0.554. The van der Waals surface area contributed by atoms with Crippen molar-refractivity contribution in [3.05, 3.63) is 29.3 Å². The summed E-state index contributed by atoms with van der Waals surface area (Å²) in [5.74, 6) is -1.62. The summed E-state index contributed by atoms with van der Waals surface area (Å²) in [5, 5.41) is 4.52. The molecule has 9 heteroatoms. The molecule has 0 fully saturated rings. The highest BCUT2D eigenvalue weighted by molar-refractivity contribution is 7.90. The Morgan fingerprint density at radius 2 is 1.88 bits per heavy atom. The van der Waals surface area contributed by atoms with Gasteiger partial charge < -0.3 is 10.1 Å². The molecule has 8 nitrogen and oxygen atoms in total. The number of unbranched alkanes of at least 4 members (excludes halogenated alkanes) is 1. The van der Waals surface area contributed by atoms with Crippen LogP contribution in [0.25, 0.3) is 0 Å². The fraction of sp³-hybridized carbons (Fsp3) is 0.438. The smallest absolute Gasteiger partial charge is 0.338 e. The molecule has 0 aliphatic rings. The number of carbonyl (C=O) groups is 3. The molecule has 25 heavy (non-hydrogen) atoms. The average Bonchev–Trinajstić information content (AvgIpc) is 2.52. The average molecular weight is 370 g/mol. The zero-order valence-electron chi connectivity index (χ0n) is 14.4. The Balaban J connectivity index is 2.62. The van der Waals surface area contributed by atoms with E-state index in [4.69, 9.17) is 4.74 Å². The van der Waals surface area contributed by atoms with Crippen LogP contribution in [0.3, 0.4) is 0 Å². The van der Waals surface area contributed by atoms with Crippen LogP contribution in [0, 0.1) is 6.92 Å². The number of urea groups is 1. The standard InChI is InChI=1S/C16H22N2O6S/c1-4-5-8-17-16(21)18-14(19)10-24-15(20)13-9-12(25(3,22)23)7-6-11(13)2/h6-7,9H,4-5,8,10H2,1-3H3,(H2,17,18,19,21). The van der Waals surface area contributed by atoms with Gasteiger partial charge in [-0.05, 0) is 31.0 Å². The van der Waals surface area contributed by atoms with Gasteiger partial charge in [0.15, 0.2) is 16.4 Å². The highest BCUT2D eigenvalue weighted by atomic mass is 32.2. The number of nitrogens with one attached hydrogen (secondary N) is 2. The number of esters is 1. The molecular formula is C16H22N2O6S. The van der Waals surface area contributed by atoms with E-state index in [1.165, 1.54) is 18.2 Å². The van der Waals surface area contributed by atoms with Gasteiger partial charge in [0.25, 0.3) is 5.91 Å². The van der Waals surface area contributed by atoms with E-state index in [0.717, 1.165) is 19.1 Å². The Morgan fingerprint density at radius 3 is 2.48 bits per heavy atom. The van der Waals surface area contributed by atoms with Crippen LogP contribution in [0.15, 0.2) is 23.1 Å². The fourth-order valence-corrected chi connectivity index (χ4v) is 2.49. The first-order valence-electron chi connectivity index (χ1n) is 7.70. The molecule has 0 bridgehead atoms. The molecule has 0 spiro atoms. The van der Waals surface area contributed by atoms with Crippen molar-refractivity contribution in [1.29, 1.82) is 0 Å². The van der Waals surface area contributed by atoms with Crippen molar-refractivity contribution in [3.8, 4) is 0 Å². The third-order valence-corrected chi connectivity index (χ3v) is 4.37. The van der Waals surface area contributed by atoms with Gasteiger partial charge in [-0.2, -0.15) is 0 Å². The molecule has 0 saturated heterocycles. The Morgan fingerprint density at radius 1 is 1.20 bits per heavy atom. The zero-order valence-corrected chi connectivity index (χ0v) is 15.2. The summed E-state index contributed by atoms with van der Waals surface area (Å²) in [6.07, 6.45) is 2.71. The van der Waals surface area contributed by atoms with Crippen LogP contribution in [0.5, 0.6) is 0 Å². The SMILES string of the molecule is CCCCNC(=O)NC(=O)COC(=O)c1cc(S(C)(=O)=O)ccc1C. The Kier molecular flexibility index (Phi) is 7.56. The minimum absolute atomic E-state index is 0.0233. The minimum atomic E-state index is -3.47. The van der Waals surface area contributed by atoms with E-state index in [9.17, 15) is 22.8 Å². The topological polar surface area (TPSA) is 119 Å². The third kappa shape index (κ3) is 6.92. The summed E-state index contributed by atoms with van der Waals surface area (Å²) in [7, 11) is -3.47. The minimum Gasteiger partial charge on any atom is -0.452 e. The molecule has 0 radical (unpaired) electrons. The maximum atomic E-state index is 12.0. The second-order valence-electron chi connectivity index (χ2n) is 5.48. The predicted molar refractivity (Wildman–Crippen MR) is 91.0 cm³/mol. The van der Waals surface area contributed by atoms with Crippen molar-refractivity contribution in [3.63, 3.8) is 0 Å². The van der Waals surface area contributed by atoms with E-state index in [2.05, 4.69) is 5.32 Å². The lowest BCUT2D eigenvalue weighted by molar-refractivity contribution is -0.123. The molecule has 0 unspecified atom stereocenters. The van der Waals surface area contributed by atoms with Gasteiger partial charge in [0.1, 0.15) is 0 Å². The number of amides is 3. The number of sulfone groups is 1. The number of hydrogen-bond acceptors (Lipinski definition) is 6. The highest BCUT2D eigenvalue weighted by Gasteiger charge is 2.17. The molecule has 3 amide bonds. The van der Waals surface area contributed by atoms with Crippen molar-refractivity contribution < 1.29 is 27.5 Å². The molecule has 0 saturated carbocycles. The van der Waals surface area contributed by atoms with Crippen LogP contribution in [0.1, 0.15) is 35.7 Å². The van der Waals surface area contributed by atoms with Crippen molar-refractivity contribution in [1.82, 2.24) is 10.6 Å². The number of benzene rings is 1. The fourth-order valence-electron chi connectivity index (χ4n) is 1.85. The molecule has 1 aromatic carbocycles. The lowest BCUT2D eigenvalue weighted by atomic mass is 10.1. The number of carbonyl (C=O) groups excluding carboxylic acids is 3.